The summed E-state index contributed by atoms with van der Waals surface area (Å²) in [6, 6.07) is 15.6. The molecular weight excluding hydrogens is 284 g/mol. The minimum absolute atomic E-state index is 0.682. The van der Waals surface area contributed by atoms with E-state index in [1.807, 2.05) is 48.5 Å². The van der Waals surface area contributed by atoms with Gasteiger partial charge in [-0.1, -0.05) is 35.9 Å². The average Bonchev–Trinajstić information content (AvgIpc) is 2.87. The van der Waals surface area contributed by atoms with E-state index < -0.39 is 0 Å². The fourth-order valence-corrected chi connectivity index (χ4v) is 2.63. The van der Waals surface area contributed by atoms with Gasteiger partial charge in [-0.15, -0.1) is 0 Å². The first-order valence-electron chi connectivity index (χ1n) is 6.55. The maximum atomic E-state index is 6.01. The van der Waals surface area contributed by atoms with Crippen molar-refractivity contribution in [1.82, 2.24) is 15.0 Å². The van der Waals surface area contributed by atoms with Crippen LogP contribution in [0.4, 0.5) is 11.5 Å². The highest BCUT2D eigenvalue weighted by Crippen LogP contribution is 2.29. The summed E-state index contributed by atoms with van der Waals surface area (Å²) in [5.41, 5.74) is 3.73. The summed E-state index contributed by atoms with van der Waals surface area (Å²) in [6.07, 6.45) is 1.56. The first-order chi connectivity index (χ1) is 10.3. The Kier molecular flexibility index (Phi) is 2.75. The Balaban J connectivity index is 1.89. The Morgan fingerprint density at radius 2 is 1.90 bits per heavy atom. The van der Waals surface area contributed by atoms with E-state index in [0.717, 1.165) is 33.4 Å². The van der Waals surface area contributed by atoms with Crippen LogP contribution in [0.3, 0.4) is 0 Å². The summed E-state index contributed by atoms with van der Waals surface area (Å²) < 4.78 is 0. The monoisotopic (exact) mass is 294 g/mol. The standard InChI is InChI=1S/C16H11ClN4/c17-10-4-3-5-11(8-10)20-16-15-14(18-9-19-16)12-6-1-2-7-13(12)21-15/h1-9,21H,(H,18,19,20). The molecule has 0 spiro atoms. The van der Waals surface area contributed by atoms with E-state index in [-0.39, 0.29) is 0 Å². The predicted octanol–water partition coefficient (Wildman–Crippen LogP) is 4.51. The number of H-pyrrole nitrogens is 1. The van der Waals surface area contributed by atoms with Crippen LogP contribution in [0.15, 0.2) is 54.9 Å². The summed E-state index contributed by atoms with van der Waals surface area (Å²) in [4.78, 5) is 12.1. The maximum Gasteiger partial charge on any atom is 0.158 e. The topological polar surface area (TPSA) is 53.6 Å². The zero-order chi connectivity index (χ0) is 14.2. The molecule has 102 valence electrons. The van der Waals surface area contributed by atoms with Crippen molar-refractivity contribution in [3.8, 4) is 0 Å². The zero-order valence-corrected chi connectivity index (χ0v) is 11.7. The number of aromatic nitrogens is 3. The van der Waals surface area contributed by atoms with Crippen LogP contribution in [0.1, 0.15) is 0 Å². The van der Waals surface area contributed by atoms with Crippen LogP contribution < -0.4 is 5.32 Å². The van der Waals surface area contributed by atoms with Crippen molar-refractivity contribution in [3.63, 3.8) is 0 Å². The number of halogens is 1. The van der Waals surface area contributed by atoms with Crippen molar-refractivity contribution >= 4 is 45.0 Å². The number of hydrogen-bond donors (Lipinski definition) is 2. The van der Waals surface area contributed by atoms with Crippen molar-refractivity contribution in [2.24, 2.45) is 0 Å². The predicted molar refractivity (Wildman–Crippen MR) is 86.1 cm³/mol. The molecule has 0 aliphatic carbocycles. The molecule has 4 aromatic rings. The number of anilines is 2. The second kappa shape index (κ2) is 4.75. The van der Waals surface area contributed by atoms with Crippen LogP contribution >= 0.6 is 11.6 Å². The molecule has 4 rings (SSSR count). The summed E-state index contributed by atoms with van der Waals surface area (Å²) >= 11 is 6.01. The molecule has 0 bridgehead atoms. The van der Waals surface area contributed by atoms with E-state index in [9.17, 15) is 0 Å². The highest BCUT2D eigenvalue weighted by Gasteiger charge is 2.10. The minimum Gasteiger partial charge on any atom is -0.350 e. The third-order valence-corrected chi connectivity index (χ3v) is 3.61. The number of hydrogen-bond acceptors (Lipinski definition) is 3. The minimum atomic E-state index is 0.682. The summed E-state index contributed by atoms with van der Waals surface area (Å²) in [5.74, 6) is 0.735. The number of para-hydroxylation sites is 1. The van der Waals surface area contributed by atoms with Gasteiger partial charge in [0, 0.05) is 21.6 Å². The normalized spacial score (nSPS) is 11.1. The Labute approximate surface area is 125 Å². The Hall–Kier alpha value is -2.59. The largest absolute Gasteiger partial charge is 0.350 e. The van der Waals surface area contributed by atoms with Crippen LogP contribution in [0.2, 0.25) is 5.02 Å². The van der Waals surface area contributed by atoms with Gasteiger partial charge in [0.2, 0.25) is 0 Å². The van der Waals surface area contributed by atoms with E-state index in [2.05, 4.69) is 20.3 Å². The van der Waals surface area contributed by atoms with Crippen LogP contribution in [-0.4, -0.2) is 15.0 Å². The molecule has 4 nitrogen and oxygen atoms in total. The maximum absolute atomic E-state index is 6.01. The molecule has 2 aromatic carbocycles. The SMILES string of the molecule is Clc1cccc(Nc2ncnc3c2[nH]c2ccccc23)c1. The van der Waals surface area contributed by atoms with Crippen molar-refractivity contribution in [2.75, 3.05) is 5.32 Å². The van der Waals surface area contributed by atoms with Gasteiger partial charge in [0.25, 0.3) is 0 Å². The van der Waals surface area contributed by atoms with E-state index in [1.54, 1.807) is 6.33 Å². The first kappa shape index (κ1) is 12.2. The van der Waals surface area contributed by atoms with Gasteiger partial charge in [0.1, 0.15) is 17.4 Å². The second-order valence-corrected chi connectivity index (χ2v) is 5.19. The van der Waals surface area contributed by atoms with E-state index >= 15 is 0 Å². The molecule has 0 unspecified atom stereocenters. The number of nitrogens with zero attached hydrogens (tertiary/aromatic N) is 2. The number of nitrogens with one attached hydrogen (secondary N) is 2. The van der Waals surface area contributed by atoms with Gasteiger partial charge in [-0.2, -0.15) is 0 Å². The molecule has 2 N–H and O–H groups in total. The molecular formula is C16H11ClN4. The summed E-state index contributed by atoms with van der Waals surface area (Å²) in [6.45, 7) is 0. The molecule has 0 aliphatic rings. The molecule has 0 saturated heterocycles. The van der Waals surface area contributed by atoms with Crippen LogP contribution in [-0.2, 0) is 0 Å². The van der Waals surface area contributed by atoms with Crippen LogP contribution in [0.25, 0.3) is 21.9 Å². The Morgan fingerprint density at radius 3 is 2.81 bits per heavy atom. The van der Waals surface area contributed by atoms with Gasteiger partial charge >= 0.3 is 0 Å². The molecule has 2 heterocycles. The fourth-order valence-electron chi connectivity index (χ4n) is 2.44. The molecule has 0 aliphatic heterocycles. The molecule has 21 heavy (non-hydrogen) atoms. The van der Waals surface area contributed by atoms with Gasteiger partial charge in [0.05, 0.1) is 0 Å². The third kappa shape index (κ3) is 2.10. The highest BCUT2D eigenvalue weighted by atomic mass is 35.5. The molecule has 0 fully saturated rings. The molecule has 5 heteroatoms. The van der Waals surface area contributed by atoms with Gasteiger partial charge in [0.15, 0.2) is 5.82 Å². The lowest BCUT2D eigenvalue weighted by atomic mass is 10.2. The fraction of sp³-hybridized carbons (Fsp3) is 0. The van der Waals surface area contributed by atoms with Crippen molar-refractivity contribution in [2.45, 2.75) is 0 Å². The smallest absolute Gasteiger partial charge is 0.158 e. The summed E-state index contributed by atoms with van der Waals surface area (Å²) in [5, 5.41) is 5.05. The number of rotatable bonds is 2. The second-order valence-electron chi connectivity index (χ2n) is 4.75. The zero-order valence-electron chi connectivity index (χ0n) is 11.0. The van der Waals surface area contributed by atoms with E-state index in [4.69, 9.17) is 11.6 Å². The van der Waals surface area contributed by atoms with Crippen molar-refractivity contribution in [1.29, 1.82) is 0 Å². The first-order valence-corrected chi connectivity index (χ1v) is 6.93. The highest BCUT2D eigenvalue weighted by molar-refractivity contribution is 6.30. The van der Waals surface area contributed by atoms with E-state index in [0.29, 0.717) is 5.02 Å². The summed E-state index contributed by atoms with van der Waals surface area (Å²) in [7, 11) is 0. The molecule has 2 aromatic heterocycles. The number of benzene rings is 2. The van der Waals surface area contributed by atoms with E-state index in [1.165, 1.54) is 0 Å². The van der Waals surface area contributed by atoms with Crippen molar-refractivity contribution < 1.29 is 0 Å². The number of fused-ring (bicyclic) bond motifs is 3. The molecule has 0 amide bonds. The average molecular weight is 295 g/mol. The lowest BCUT2D eigenvalue weighted by Crippen LogP contribution is -1.95. The molecule has 0 atom stereocenters. The molecule has 0 radical (unpaired) electrons. The quantitative estimate of drug-likeness (QED) is 0.572. The lowest BCUT2D eigenvalue weighted by molar-refractivity contribution is 1.22. The van der Waals surface area contributed by atoms with Gasteiger partial charge in [-0.25, -0.2) is 9.97 Å². The van der Waals surface area contributed by atoms with Crippen molar-refractivity contribution in [3.05, 3.63) is 59.9 Å². The molecule has 0 saturated carbocycles. The van der Waals surface area contributed by atoms with Crippen LogP contribution in [0.5, 0.6) is 0 Å². The van der Waals surface area contributed by atoms with Gasteiger partial charge in [-0.3, -0.25) is 0 Å². The number of aromatic amines is 1. The van der Waals surface area contributed by atoms with Crippen LogP contribution in [0, 0.1) is 0 Å². The van der Waals surface area contributed by atoms with Gasteiger partial charge in [-0.05, 0) is 24.3 Å². The Morgan fingerprint density at radius 1 is 1.00 bits per heavy atom. The Bertz CT molecular complexity index is 945. The third-order valence-electron chi connectivity index (χ3n) is 3.38. The lowest BCUT2D eigenvalue weighted by Gasteiger charge is -2.06. The van der Waals surface area contributed by atoms with Gasteiger partial charge < -0.3 is 10.3 Å².